The zero-order valence-corrected chi connectivity index (χ0v) is 15.0. The van der Waals surface area contributed by atoms with Crippen molar-refractivity contribution < 1.29 is 14.3 Å². The molecule has 3 N–H and O–H groups in total. The van der Waals surface area contributed by atoms with Gasteiger partial charge in [-0.3, -0.25) is 14.7 Å². The van der Waals surface area contributed by atoms with Gasteiger partial charge < -0.3 is 15.4 Å². The number of H-pyrrole nitrogens is 1. The van der Waals surface area contributed by atoms with E-state index in [1.165, 1.54) is 13.2 Å². The van der Waals surface area contributed by atoms with Gasteiger partial charge in [0.15, 0.2) is 0 Å². The summed E-state index contributed by atoms with van der Waals surface area (Å²) in [4.78, 5) is 25.2. The molecule has 0 spiro atoms. The van der Waals surface area contributed by atoms with Crippen molar-refractivity contribution in [1.29, 1.82) is 0 Å². The zero-order valence-electron chi connectivity index (χ0n) is 15.0. The van der Waals surface area contributed by atoms with Crippen molar-refractivity contribution >= 4 is 11.8 Å². The number of nitrogens with zero attached hydrogens (tertiary/aromatic N) is 1. The fraction of sp³-hybridized carbons (Fsp3) is 0.150. The molecule has 7 nitrogen and oxygen atoms in total. The van der Waals surface area contributed by atoms with Gasteiger partial charge in [0.2, 0.25) is 5.91 Å². The number of hydrogen-bond acceptors (Lipinski definition) is 4. The van der Waals surface area contributed by atoms with Gasteiger partial charge in [-0.05, 0) is 17.7 Å². The average Bonchev–Trinajstić information content (AvgIpc) is 3.22. The number of likely N-dealkylation sites (N-methyl/N-ethyl adjacent to an activating group) is 1. The topological polar surface area (TPSA) is 96.1 Å². The third-order valence-corrected chi connectivity index (χ3v) is 4.16. The van der Waals surface area contributed by atoms with E-state index >= 15 is 0 Å². The quantitative estimate of drug-likeness (QED) is 0.625. The SMILES string of the molecule is CNC(=O)C(NC(=O)c1cn[nH]c1-c1cccc(OC)c1)c1ccccc1. The first-order valence-electron chi connectivity index (χ1n) is 8.39. The van der Waals surface area contributed by atoms with Crippen LogP contribution in [0.4, 0.5) is 0 Å². The highest BCUT2D eigenvalue weighted by molar-refractivity contribution is 6.02. The number of carbonyl (C=O) groups excluding carboxylic acids is 2. The monoisotopic (exact) mass is 364 g/mol. The molecule has 0 aliphatic carbocycles. The molecule has 1 heterocycles. The van der Waals surface area contributed by atoms with Crippen molar-refractivity contribution in [2.45, 2.75) is 6.04 Å². The van der Waals surface area contributed by atoms with E-state index in [2.05, 4.69) is 20.8 Å². The van der Waals surface area contributed by atoms with E-state index in [4.69, 9.17) is 4.74 Å². The van der Waals surface area contributed by atoms with Crippen LogP contribution in [0, 0.1) is 0 Å². The Kier molecular flexibility index (Phi) is 5.51. The highest BCUT2D eigenvalue weighted by atomic mass is 16.5. The molecule has 138 valence electrons. The Balaban J connectivity index is 1.90. The van der Waals surface area contributed by atoms with E-state index in [0.717, 1.165) is 5.56 Å². The van der Waals surface area contributed by atoms with Crippen LogP contribution in [0.1, 0.15) is 22.0 Å². The zero-order chi connectivity index (χ0) is 19.2. The lowest BCUT2D eigenvalue weighted by Crippen LogP contribution is -2.39. The van der Waals surface area contributed by atoms with Crippen LogP contribution in [0.5, 0.6) is 5.75 Å². The van der Waals surface area contributed by atoms with E-state index in [0.29, 0.717) is 22.6 Å². The molecule has 0 aliphatic heterocycles. The Labute approximate surface area is 156 Å². The number of nitrogens with one attached hydrogen (secondary N) is 3. The fourth-order valence-electron chi connectivity index (χ4n) is 2.76. The second-order valence-electron chi connectivity index (χ2n) is 5.82. The van der Waals surface area contributed by atoms with Gasteiger partial charge in [0.25, 0.3) is 5.91 Å². The van der Waals surface area contributed by atoms with Gasteiger partial charge in [0, 0.05) is 12.6 Å². The van der Waals surface area contributed by atoms with Crippen LogP contribution in [0.3, 0.4) is 0 Å². The molecular formula is C20H20N4O3. The highest BCUT2D eigenvalue weighted by Gasteiger charge is 2.24. The van der Waals surface area contributed by atoms with Crippen molar-refractivity contribution in [1.82, 2.24) is 20.8 Å². The molecule has 0 bridgehead atoms. The minimum absolute atomic E-state index is 0.305. The molecule has 27 heavy (non-hydrogen) atoms. The number of hydrogen-bond donors (Lipinski definition) is 3. The van der Waals surface area contributed by atoms with Crippen LogP contribution in [0.15, 0.2) is 60.8 Å². The summed E-state index contributed by atoms with van der Waals surface area (Å²) >= 11 is 0. The van der Waals surface area contributed by atoms with Crippen LogP contribution >= 0.6 is 0 Å². The van der Waals surface area contributed by atoms with Crippen molar-refractivity contribution in [3.63, 3.8) is 0 Å². The van der Waals surface area contributed by atoms with Crippen LogP contribution in [-0.4, -0.2) is 36.2 Å². The summed E-state index contributed by atoms with van der Waals surface area (Å²) in [5.74, 6) is -0.0408. The van der Waals surface area contributed by atoms with Crippen molar-refractivity contribution in [3.05, 3.63) is 71.9 Å². The van der Waals surface area contributed by atoms with Gasteiger partial charge in [-0.1, -0.05) is 42.5 Å². The lowest BCUT2D eigenvalue weighted by molar-refractivity contribution is -0.122. The second kappa shape index (κ2) is 8.18. The number of rotatable bonds is 6. The maximum atomic E-state index is 12.9. The molecule has 0 saturated heterocycles. The predicted octanol–water partition coefficient (Wildman–Crippen LogP) is 2.30. The number of methoxy groups -OCH3 is 1. The Hall–Kier alpha value is -3.61. The number of carbonyl (C=O) groups is 2. The molecule has 0 radical (unpaired) electrons. The van der Waals surface area contributed by atoms with Gasteiger partial charge in [0.05, 0.1) is 24.6 Å². The third-order valence-electron chi connectivity index (χ3n) is 4.16. The van der Waals surface area contributed by atoms with E-state index < -0.39 is 11.9 Å². The first-order valence-corrected chi connectivity index (χ1v) is 8.39. The molecule has 1 unspecified atom stereocenters. The molecule has 2 amide bonds. The summed E-state index contributed by atoms with van der Waals surface area (Å²) < 4.78 is 5.23. The van der Waals surface area contributed by atoms with Crippen molar-refractivity contribution in [2.75, 3.05) is 14.2 Å². The average molecular weight is 364 g/mol. The highest BCUT2D eigenvalue weighted by Crippen LogP contribution is 2.25. The summed E-state index contributed by atoms with van der Waals surface area (Å²) in [5, 5.41) is 12.2. The van der Waals surface area contributed by atoms with Gasteiger partial charge in [-0.25, -0.2) is 0 Å². The molecule has 1 aromatic heterocycles. The lowest BCUT2D eigenvalue weighted by Gasteiger charge is -2.17. The summed E-state index contributed by atoms with van der Waals surface area (Å²) in [6, 6.07) is 15.5. The molecule has 1 atom stereocenters. The first-order chi connectivity index (χ1) is 13.1. The van der Waals surface area contributed by atoms with Crippen molar-refractivity contribution in [3.8, 4) is 17.0 Å². The van der Waals surface area contributed by atoms with Crippen LogP contribution in [-0.2, 0) is 4.79 Å². The Morgan fingerprint density at radius 2 is 1.89 bits per heavy atom. The van der Waals surface area contributed by atoms with Gasteiger partial charge >= 0.3 is 0 Å². The Bertz CT molecular complexity index is 937. The molecule has 7 heteroatoms. The lowest BCUT2D eigenvalue weighted by atomic mass is 10.0. The normalized spacial score (nSPS) is 11.5. The molecule has 0 aliphatic rings. The number of aromatic nitrogens is 2. The summed E-state index contributed by atoms with van der Waals surface area (Å²) in [6.45, 7) is 0. The smallest absolute Gasteiger partial charge is 0.256 e. The first kappa shape index (κ1) is 18.2. The maximum Gasteiger partial charge on any atom is 0.256 e. The summed E-state index contributed by atoms with van der Waals surface area (Å²) in [7, 11) is 3.11. The van der Waals surface area contributed by atoms with Crippen LogP contribution in [0.25, 0.3) is 11.3 Å². The molecular weight excluding hydrogens is 344 g/mol. The maximum absolute atomic E-state index is 12.9. The molecule has 3 rings (SSSR count). The van der Waals surface area contributed by atoms with E-state index in [-0.39, 0.29) is 5.91 Å². The van der Waals surface area contributed by atoms with Crippen LogP contribution in [0.2, 0.25) is 0 Å². The van der Waals surface area contributed by atoms with Gasteiger partial charge in [-0.15, -0.1) is 0 Å². The summed E-state index contributed by atoms with van der Waals surface area (Å²) in [6.07, 6.45) is 1.44. The van der Waals surface area contributed by atoms with E-state index in [1.54, 1.807) is 25.3 Å². The van der Waals surface area contributed by atoms with E-state index in [9.17, 15) is 9.59 Å². The standard InChI is InChI=1S/C20H20N4O3/c1-21-20(26)18(13-7-4-3-5-8-13)23-19(25)16-12-22-24-17(16)14-9-6-10-15(11-14)27-2/h3-12,18H,1-2H3,(H,21,26)(H,22,24)(H,23,25). The molecule has 2 aromatic carbocycles. The van der Waals surface area contributed by atoms with Gasteiger partial charge in [-0.2, -0.15) is 5.10 Å². The predicted molar refractivity (Wildman–Crippen MR) is 101 cm³/mol. The minimum atomic E-state index is -0.809. The van der Waals surface area contributed by atoms with Crippen LogP contribution < -0.4 is 15.4 Å². The largest absolute Gasteiger partial charge is 0.497 e. The number of aromatic amines is 1. The second-order valence-corrected chi connectivity index (χ2v) is 5.82. The Morgan fingerprint density at radius 1 is 1.11 bits per heavy atom. The fourth-order valence-corrected chi connectivity index (χ4v) is 2.76. The van der Waals surface area contributed by atoms with Gasteiger partial charge in [0.1, 0.15) is 11.8 Å². The Morgan fingerprint density at radius 3 is 2.59 bits per heavy atom. The summed E-state index contributed by atoms with van der Waals surface area (Å²) in [5.41, 5.74) is 2.34. The molecule has 0 saturated carbocycles. The number of ether oxygens (including phenoxy) is 1. The minimum Gasteiger partial charge on any atom is -0.497 e. The molecule has 0 fully saturated rings. The number of benzene rings is 2. The molecule has 3 aromatic rings. The van der Waals surface area contributed by atoms with E-state index in [1.807, 2.05) is 36.4 Å². The number of amides is 2. The van der Waals surface area contributed by atoms with Crippen molar-refractivity contribution in [2.24, 2.45) is 0 Å². The third kappa shape index (κ3) is 3.98.